The lowest BCUT2D eigenvalue weighted by Gasteiger charge is -2.25. The van der Waals surface area contributed by atoms with Gasteiger partial charge in [-0.15, -0.1) is 0 Å². The topological polar surface area (TPSA) is 69.0 Å². The number of para-hydroxylation sites is 1. The summed E-state index contributed by atoms with van der Waals surface area (Å²) in [5.41, 5.74) is 1.99. The molecule has 1 aromatic heterocycles. The summed E-state index contributed by atoms with van der Waals surface area (Å²) in [5, 5.41) is 0.454. The van der Waals surface area contributed by atoms with Crippen molar-refractivity contribution >= 4 is 22.6 Å². The summed E-state index contributed by atoms with van der Waals surface area (Å²) < 4.78 is 17.1. The maximum absolute atomic E-state index is 13.6. The van der Waals surface area contributed by atoms with Crippen LogP contribution in [0.4, 0.5) is 5.69 Å². The van der Waals surface area contributed by atoms with Gasteiger partial charge < -0.3 is 13.9 Å². The predicted molar refractivity (Wildman–Crippen MR) is 131 cm³/mol. The van der Waals surface area contributed by atoms with E-state index in [1.165, 1.54) is 0 Å². The Labute approximate surface area is 197 Å². The molecule has 1 unspecified atom stereocenters. The van der Waals surface area contributed by atoms with E-state index in [-0.39, 0.29) is 17.1 Å². The third-order valence-corrected chi connectivity index (χ3v) is 6.09. The summed E-state index contributed by atoms with van der Waals surface area (Å²) in [5.74, 6) is 1.16. The van der Waals surface area contributed by atoms with Gasteiger partial charge in [0, 0.05) is 5.69 Å². The molecule has 0 saturated heterocycles. The quantitative estimate of drug-likeness (QED) is 0.333. The highest BCUT2D eigenvalue weighted by Gasteiger charge is 2.43. The molecule has 3 aromatic carbocycles. The second kappa shape index (κ2) is 9.06. The number of hydrogen-bond acceptors (Lipinski definition) is 5. The van der Waals surface area contributed by atoms with E-state index in [0.717, 1.165) is 24.2 Å². The molecule has 1 atom stereocenters. The van der Waals surface area contributed by atoms with Gasteiger partial charge in [0.2, 0.25) is 5.76 Å². The number of fused-ring (bicyclic) bond motifs is 2. The van der Waals surface area contributed by atoms with E-state index in [9.17, 15) is 9.59 Å². The number of carbonyl (C=O) groups excluding carboxylic acids is 1. The molecule has 6 heteroatoms. The molecule has 172 valence electrons. The molecule has 1 aliphatic rings. The van der Waals surface area contributed by atoms with Gasteiger partial charge in [-0.1, -0.05) is 37.6 Å². The number of anilines is 1. The molecule has 0 bridgehead atoms. The summed E-state index contributed by atoms with van der Waals surface area (Å²) >= 11 is 0. The van der Waals surface area contributed by atoms with Crippen LogP contribution < -0.4 is 19.8 Å². The minimum Gasteiger partial charge on any atom is -0.497 e. The SMILES string of the molecule is CCCCOc1ccc(C2c3c(oc4ccccc4c3=O)C(=O)N2c2ccc(OC)cc2)cc1. The summed E-state index contributed by atoms with van der Waals surface area (Å²) in [6, 6.07) is 21.1. The molecule has 0 fully saturated rings. The Hall–Kier alpha value is -4.06. The number of carbonyl (C=O) groups is 1. The highest BCUT2D eigenvalue weighted by atomic mass is 16.5. The van der Waals surface area contributed by atoms with Gasteiger partial charge >= 0.3 is 0 Å². The molecule has 0 saturated carbocycles. The maximum Gasteiger partial charge on any atom is 0.295 e. The molecule has 0 spiro atoms. The zero-order valence-electron chi connectivity index (χ0n) is 19.1. The van der Waals surface area contributed by atoms with Crippen LogP contribution in [0, 0.1) is 0 Å². The first-order valence-electron chi connectivity index (χ1n) is 11.4. The molecule has 5 rings (SSSR count). The van der Waals surface area contributed by atoms with E-state index in [4.69, 9.17) is 13.9 Å². The van der Waals surface area contributed by atoms with Crippen molar-refractivity contribution in [2.24, 2.45) is 0 Å². The summed E-state index contributed by atoms with van der Waals surface area (Å²) in [6.45, 7) is 2.76. The van der Waals surface area contributed by atoms with Crippen LogP contribution >= 0.6 is 0 Å². The molecule has 0 radical (unpaired) electrons. The summed E-state index contributed by atoms with van der Waals surface area (Å²) in [6.07, 6.45) is 2.03. The molecule has 1 aliphatic heterocycles. The number of amides is 1. The van der Waals surface area contributed by atoms with Crippen molar-refractivity contribution in [2.75, 3.05) is 18.6 Å². The van der Waals surface area contributed by atoms with E-state index in [2.05, 4.69) is 6.92 Å². The summed E-state index contributed by atoms with van der Waals surface area (Å²) in [4.78, 5) is 28.8. The third kappa shape index (κ3) is 3.71. The Morgan fingerprint density at radius 1 is 0.912 bits per heavy atom. The van der Waals surface area contributed by atoms with Gasteiger partial charge in [-0.3, -0.25) is 14.5 Å². The van der Waals surface area contributed by atoms with E-state index in [0.29, 0.717) is 34.6 Å². The summed E-state index contributed by atoms with van der Waals surface area (Å²) in [7, 11) is 1.59. The van der Waals surface area contributed by atoms with Gasteiger partial charge in [-0.25, -0.2) is 0 Å². The molecule has 2 heterocycles. The average Bonchev–Trinajstić information content (AvgIpc) is 3.17. The van der Waals surface area contributed by atoms with Crippen molar-refractivity contribution in [3.8, 4) is 11.5 Å². The first-order valence-corrected chi connectivity index (χ1v) is 11.4. The molecule has 0 aliphatic carbocycles. The van der Waals surface area contributed by atoms with E-state index in [1.807, 2.05) is 36.4 Å². The monoisotopic (exact) mass is 455 g/mol. The first kappa shape index (κ1) is 21.8. The molecular weight excluding hydrogens is 430 g/mol. The van der Waals surface area contributed by atoms with Crippen molar-refractivity contribution < 1.29 is 18.7 Å². The van der Waals surface area contributed by atoms with E-state index >= 15 is 0 Å². The Kier molecular flexibility index (Phi) is 5.80. The molecule has 1 amide bonds. The zero-order chi connectivity index (χ0) is 23.7. The minimum atomic E-state index is -0.624. The number of rotatable bonds is 7. The van der Waals surface area contributed by atoms with Crippen molar-refractivity contribution in [1.29, 1.82) is 0 Å². The normalized spacial score (nSPS) is 14.9. The Bertz CT molecular complexity index is 1390. The number of methoxy groups -OCH3 is 1. The van der Waals surface area contributed by atoms with Crippen molar-refractivity contribution in [3.05, 3.63) is 99.9 Å². The van der Waals surface area contributed by atoms with Gasteiger partial charge in [0.1, 0.15) is 17.1 Å². The van der Waals surface area contributed by atoms with Crippen LogP contribution in [-0.4, -0.2) is 19.6 Å². The van der Waals surface area contributed by atoms with Crippen LogP contribution in [0.1, 0.15) is 47.5 Å². The molecular formula is C28H25NO5. The predicted octanol–water partition coefficient (Wildman–Crippen LogP) is 5.73. The minimum absolute atomic E-state index is 0.0767. The fourth-order valence-corrected chi connectivity index (χ4v) is 4.32. The smallest absolute Gasteiger partial charge is 0.295 e. The van der Waals surface area contributed by atoms with Gasteiger partial charge in [0.15, 0.2) is 5.43 Å². The van der Waals surface area contributed by atoms with Crippen LogP contribution in [0.2, 0.25) is 0 Å². The van der Waals surface area contributed by atoms with Crippen LogP contribution in [0.3, 0.4) is 0 Å². The Balaban J connectivity index is 1.64. The highest BCUT2D eigenvalue weighted by molar-refractivity contribution is 6.10. The molecule has 6 nitrogen and oxygen atoms in total. The number of hydrogen-bond donors (Lipinski definition) is 0. The van der Waals surface area contributed by atoms with Gasteiger partial charge in [0.05, 0.1) is 30.7 Å². The van der Waals surface area contributed by atoms with E-state index < -0.39 is 6.04 Å². The van der Waals surface area contributed by atoms with Gasteiger partial charge in [-0.2, -0.15) is 0 Å². The lowest BCUT2D eigenvalue weighted by molar-refractivity contribution is 0.0971. The van der Waals surface area contributed by atoms with Gasteiger partial charge in [0.25, 0.3) is 5.91 Å². The van der Waals surface area contributed by atoms with Gasteiger partial charge in [-0.05, 0) is 60.5 Å². The number of benzene rings is 3. The average molecular weight is 456 g/mol. The fraction of sp³-hybridized carbons (Fsp3) is 0.214. The first-order chi connectivity index (χ1) is 16.6. The molecule has 4 aromatic rings. The van der Waals surface area contributed by atoms with Crippen LogP contribution in [0.25, 0.3) is 11.0 Å². The fourth-order valence-electron chi connectivity index (χ4n) is 4.32. The molecule has 0 N–H and O–H groups in total. The van der Waals surface area contributed by atoms with Crippen molar-refractivity contribution in [3.63, 3.8) is 0 Å². The maximum atomic E-state index is 13.6. The Morgan fingerprint density at radius 3 is 2.32 bits per heavy atom. The van der Waals surface area contributed by atoms with Crippen LogP contribution in [0.15, 0.2) is 82.0 Å². The zero-order valence-corrected chi connectivity index (χ0v) is 19.1. The lowest BCUT2D eigenvalue weighted by Crippen LogP contribution is -2.29. The second-order valence-electron chi connectivity index (χ2n) is 8.22. The van der Waals surface area contributed by atoms with Crippen molar-refractivity contribution in [1.82, 2.24) is 0 Å². The number of ether oxygens (including phenoxy) is 2. The standard InChI is InChI=1S/C28H25NO5/c1-3-4-17-33-21-13-9-18(10-14-21)25-24-26(30)22-7-5-6-8-23(22)34-27(24)28(31)29(25)19-11-15-20(32-2)16-12-19/h5-16,25H,3-4,17H2,1-2H3. The van der Waals surface area contributed by atoms with E-state index in [1.54, 1.807) is 48.4 Å². The highest BCUT2D eigenvalue weighted by Crippen LogP contribution is 2.41. The third-order valence-electron chi connectivity index (χ3n) is 6.09. The number of unbranched alkanes of at least 4 members (excludes halogenated alkanes) is 1. The Morgan fingerprint density at radius 2 is 1.62 bits per heavy atom. The number of nitrogens with zero attached hydrogens (tertiary/aromatic N) is 1. The van der Waals surface area contributed by atoms with Crippen LogP contribution in [-0.2, 0) is 0 Å². The molecule has 34 heavy (non-hydrogen) atoms. The largest absolute Gasteiger partial charge is 0.497 e. The van der Waals surface area contributed by atoms with Crippen molar-refractivity contribution in [2.45, 2.75) is 25.8 Å². The lowest BCUT2D eigenvalue weighted by atomic mass is 9.98. The second-order valence-corrected chi connectivity index (χ2v) is 8.22. The van der Waals surface area contributed by atoms with Crippen LogP contribution in [0.5, 0.6) is 11.5 Å².